The highest BCUT2D eigenvalue weighted by atomic mass is 32.1. The highest BCUT2D eigenvalue weighted by Gasteiger charge is 2.34. The van der Waals surface area contributed by atoms with Gasteiger partial charge in [-0.15, -0.1) is 11.3 Å². The van der Waals surface area contributed by atoms with E-state index in [2.05, 4.69) is 11.1 Å². The van der Waals surface area contributed by atoms with Crippen LogP contribution < -0.4 is 0 Å². The largest absolute Gasteiger partial charge is 0.342 e. The van der Waals surface area contributed by atoms with Gasteiger partial charge in [-0.25, -0.2) is 4.98 Å². The maximum atomic E-state index is 13.3. The van der Waals surface area contributed by atoms with Gasteiger partial charge in [0.15, 0.2) is 0 Å². The van der Waals surface area contributed by atoms with Crippen molar-refractivity contribution in [3.63, 3.8) is 0 Å². The maximum absolute atomic E-state index is 13.3. The van der Waals surface area contributed by atoms with E-state index in [-0.39, 0.29) is 17.7 Å². The van der Waals surface area contributed by atoms with Crippen LogP contribution in [0.4, 0.5) is 0 Å². The molecule has 3 heterocycles. The molecular formula is C23H29N3O2S. The monoisotopic (exact) mass is 411 g/mol. The van der Waals surface area contributed by atoms with Gasteiger partial charge in [0.1, 0.15) is 0 Å². The third kappa shape index (κ3) is 4.53. The molecule has 0 spiro atoms. The first-order chi connectivity index (χ1) is 14.0. The average molecular weight is 412 g/mol. The molecule has 1 aromatic carbocycles. The van der Waals surface area contributed by atoms with E-state index in [1.54, 1.807) is 11.3 Å². The number of hydrogen-bond donors (Lipinski definition) is 0. The first-order valence-corrected chi connectivity index (χ1v) is 11.4. The summed E-state index contributed by atoms with van der Waals surface area (Å²) in [5.74, 6) is 0.524. The molecule has 0 bridgehead atoms. The second-order valence-electron chi connectivity index (χ2n) is 8.46. The number of rotatable bonds is 3. The van der Waals surface area contributed by atoms with E-state index < -0.39 is 0 Å². The minimum Gasteiger partial charge on any atom is -0.342 e. The number of amides is 2. The van der Waals surface area contributed by atoms with E-state index in [0.29, 0.717) is 12.5 Å². The van der Waals surface area contributed by atoms with Gasteiger partial charge in [0.25, 0.3) is 5.91 Å². The van der Waals surface area contributed by atoms with Crippen LogP contribution in [-0.4, -0.2) is 52.8 Å². The summed E-state index contributed by atoms with van der Waals surface area (Å²) in [5, 5.41) is 3.14. The van der Waals surface area contributed by atoms with Crippen molar-refractivity contribution in [1.29, 1.82) is 0 Å². The summed E-state index contributed by atoms with van der Waals surface area (Å²) in [4.78, 5) is 34.7. The number of likely N-dealkylation sites (tertiary alicyclic amines) is 2. The van der Waals surface area contributed by atoms with Crippen LogP contribution in [0.15, 0.2) is 29.8 Å². The average Bonchev–Trinajstić information content (AvgIpc) is 3.27. The van der Waals surface area contributed by atoms with Gasteiger partial charge in [0.05, 0.1) is 10.9 Å². The lowest BCUT2D eigenvalue weighted by molar-refractivity contribution is -0.138. The van der Waals surface area contributed by atoms with Crippen LogP contribution in [0.3, 0.4) is 0 Å². The summed E-state index contributed by atoms with van der Waals surface area (Å²) in [7, 11) is 0. The van der Waals surface area contributed by atoms with Gasteiger partial charge >= 0.3 is 0 Å². The van der Waals surface area contributed by atoms with Crippen molar-refractivity contribution in [2.24, 2.45) is 5.92 Å². The first kappa shape index (κ1) is 20.1. The minimum absolute atomic E-state index is 0.0496. The molecule has 2 fully saturated rings. The lowest BCUT2D eigenvalue weighted by Crippen LogP contribution is -2.48. The van der Waals surface area contributed by atoms with Crippen molar-refractivity contribution in [1.82, 2.24) is 14.8 Å². The molecule has 29 heavy (non-hydrogen) atoms. The molecule has 2 amide bonds. The van der Waals surface area contributed by atoms with Crippen LogP contribution in [0, 0.1) is 19.8 Å². The summed E-state index contributed by atoms with van der Waals surface area (Å²) in [6.45, 7) is 6.87. The van der Waals surface area contributed by atoms with E-state index in [1.807, 2.05) is 47.4 Å². The van der Waals surface area contributed by atoms with Gasteiger partial charge in [-0.2, -0.15) is 0 Å². The highest BCUT2D eigenvalue weighted by molar-refractivity contribution is 7.09. The smallest absolute Gasteiger partial charge is 0.253 e. The molecule has 2 aromatic rings. The fourth-order valence-corrected chi connectivity index (χ4v) is 5.48. The molecule has 0 radical (unpaired) electrons. The zero-order valence-corrected chi connectivity index (χ0v) is 18.1. The molecule has 2 atom stereocenters. The Morgan fingerprint density at radius 2 is 1.72 bits per heavy atom. The molecule has 154 valence electrons. The second kappa shape index (κ2) is 8.66. The lowest BCUT2D eigenvalue weighted by atomic mass is 9.92. The number of nitrogens with zero attached hydrogens (tertiary/aromatic N) is 3. The summed E-state index contributed by atoms with van der Waals surface area (Å²) >= 11 is 1.68. The molecule has 2 aliphatic rings. The predicted octanol–water partition coefficient (Wildman–Crippen LogP) is 4.02. The Balaban J connectivity index is 1.42. The fraction of sp³-hybridized carbons (Fsp3) is 0.522. The number of benzene rings is 1. The Labute approximate surface area is 176 Å². The number of carbonyl (C=O) groups excluding carboxylic acids is 2. The van der Waals surface area contributed by atoms with E-state index in [1.165, 1.54) is 0 Å². The van der Waals surface area contributed by atoms with Crippen LogP contribution in [0.2, 0.25) is 0 Å². The number of thiazole rings is 1. The number of hydrogen-bond acceptors (Lipinski definition) is 4. The van der Waals surface area contributed by atoms with Gasteiger partial charge in [-0.3, -0.25) is 9.59 Å². The number of carbonyl (C=O) groups is 2. The standard InChI is InChI=1S/C23H29N3O2S/c1-16-11-17(2)13-20(12-16)23(28)26-9-4-6-19(15-26)22(27)25-8-3-5-18(14-25)21-24-7-10-29-21/h7,10-13,18-19H,3-6,8-9,14-15H2,1-2H3. The van der Waals surface area contributed by atoms with Crippen LogP contribution in [0.1, 0.15) is 58.1 Å². The number of aryl methyl sites for hydroxylation is 2. The molecule has 5 nitrogen and oxygen atoms in total. The fourth-order valence-electron chi connectivity index (χ4n) is 4.72. The van der Waals surface area contributed by atoms with Crippen LogP contribution in [0.25, 0.3) is 0 Å². The molecule has 0 aliphatic carbocycles. The molecule has 6 heteroatoms. The van der Waals surface area contributed by atoms with Crippen molar-refractivity contribution in [2.75, 3.05) is 26.2 Å². The predicted molar refractivity (Wildman–Crippen MR) is 115 cm³/mol. The van der Waals surface area contributed by atoms with E-state index in [0.717, 1.165) is 67.0 Å². The first-order valence-electron chi connectivity index (χ1n) is 10.6. The van der Waals surface area contributed by atoms with E-state index >= 15 is 0 Å². The second-order valence-corrected chi connectivity index (χ2v) is 9.39. The zero-order valence-electron chi connectivity index (χ0n) is 17.3. The molecule has 0 N–H and O–H groups in total. The highest BCUT2D eigenvalue weighted by Crippen LogP contribution is 2.30. The van der Waals surface area contributed by atoms with Crippen molar-refractivity contribution in [2.45, 2.75) is 45.4 Å². The molecular weight excluding hydrogens is 382 g/mol. The van der Waals surface area contributed by atoms with Gasteiger partial charge in [0, 0.05) is 49.2 Å². The van der Waals surface area contributed by atoms with Crippen LogP contribution in [-0.2, 0) is 4.79 Å². The summed E-state index contributed by atoms with van der Waals surface area (Å²) in [6, 6.07) is 5.97. The third-order valence-electron chi connectivity index (χ3n) is 6.06. The lowest BCUT2D eigenvalue weighted by Gasteiger charge is -2.38. The molecule has 2 aliphatic heterocycles. The Kier molecular flexibility index (Phi) is 5.99. The molecule has 2 unspecified atom stereocenters. The molecule has 0 saturated carbocycles. The third-order valence-corrected chi connectivity index (χ3v) is 7.00. The molecule has 4 rings (SSSR count). The van der Waals surface area contributed by atoms with Gasteiger partial charge < -0.3 is 9.80 Å². The van der Waals surface area contributed by atoms with Crippen LogP contribution in [0.5, 0.6) is 0 Å². The van der Waals surface area contributed by atoms with Crippen molar-refractivity contribution in [3.05, 3.63) is 51.5 Å². The minimum atomic E-state index is -0.0892. The quantitative estimate of drug-likeness (QED) is 0.767. The van der Waals surface area contributed by atoms with Gasteiger partial charge in [0.2, 0.25) is 5.91 Å². The molecule has 2 saturated heterocycles. The summed E-state index contributed by atoms with van der Waals surface area (Å²) < 4.78 is 0. The Morgan fingerprint density at radius 1 is 1.00 bits per heavy atom. The van der Waals surface area contributed by atoms with Crippen molar-refractivity contribution < 1.29 is 9.59 Å². The summed E-state index contributed by atoms with van der Waals surface area (Å²) in [5.41, 5.74) is 2.93. The van der Waals surface area contributed by atoms with Crippen LogP contribution >= 0.6 is 11.3 Å². The van der Waals surface area contributed by atoms with Crippen molar-refractivity contribution >= 4 is 23.2 Å². The number of piperidine rings is 2. The van der Waals surface area contributed by atoms with E-state index in [4.69, 9.17) is 0 Å². The topological polar surface area (TPSA) is 53.5 Å². The Hall–Kier alpha value is -2.21. The van der Waals surface area contributed by atoms with Gasteiger partial charge in [-0.1, -0.05) is 17.2 Å². The molecule has 1 aromatic heterocycles. The van der Waals surface area contributed by atoms with Crippen molar-refractivity contribution in [3.8, 4) is 0 Å². The van der Waals surface area contributed by atoms with E-state index in [9.17, 15) is 9.59 Å². The maximum Gasteiger partial charge on any atom is 0.253 e. The summed E-state index contributed by atoms with van der Waals surface area (Å²) in [6.07, 6.45) is 5.72. The Morgan fingerprint density at radius 3 is 2.45 bits per heavy atom. The normalized spacial score (nSPS) is 22.6. The Bertz CT molecular complexity index is 860. The number of aromatic nitrogens is 1. The SMILES string of the molecule is Cc1cc(C)cc(C(=O)N2CCCC(C(=O)N3CCCC(c4nccs4)C3)C2)c1. The zero-order chi connectivity index (χ0) is 20.4. The van der Waals surface area contributed by atoms with Gasteiger partial charge in [-0.05, 0) is 51.7 Å².